The topological polar surface area (TPSA) is 58.2 Å². The number of hydrogen-bond acceptors (Lipinski definition) is 2. The smallest absolute Gasteiger partial charge is 0.268 e. The molecule has 0 heterocycles. The highest BCUT2D eigenvalue weighted by molar-refractivity contribution is 6.30. The highest BCUT2D eigenvalue weighted by Gasteiger charge is 2.05. The Bertz CT molecular complexity index is 758. The van der Waals surface area contributed by atoms with Crippen LogP contribution in [0.2, 0.25) is 5.02 Å². The van der Waals surface area contributed by atoms with Crippen LogP contribution in [0.25, 0.3) is 6.08 Å². The van der Waals surface area contributed by atoms with Crippen LogP contribution in [0, 0.1) is 12.7 Å². The van der Waals surface area contributed by atoms with Crippen molar-refractivity contribution in [1.82, 2.24) is 10.9 Å². The fraction of sp³-hybridized carbons (Fsp3) is 0.0588. The maximum atomic E-state index is 13.0. The van der Waals surface area contributed by atoms with Crippen molar-refractivity contribution in [2.75, 3.05) is 0 Å². The summed E-state index contributed by atoms with van der Waals surface area (Å²) in [6.07, 6.45) is 2.66. The first-order valence-corrected chi connectivity index (χ1v) is 7.13. The molecule has 0 fully saturated rings. The van der Waals surface area contributed by atoms with Crippen LogP contribution in [0.4, 0.5) is 4.39 Å². The largest absolute Gasteiger partial charge is 0.269 e. The van der Waals surface area contributed by atoms with E-state index in [0.29, 0.717) is 11.1 Å². The number of benzene rings is 2. The maximum absolute atomic E-state index is 13.0. The van der Waals surface area contributed by atoms with Crippen molar-refractivity contribution >= 4 is 29.5 Å². The summed E-state index contributed by atoms with van der Waals surface area (Å²) < 4.78 is 13.0. The van der Waals surface area contributed by atoms with Crippen LogP contribution in [0.3, 0.4) is 0 Å². The zero-order chi connectivity index (χ0) is 16.8. The number of hydrogen-bond donors (Lipinski definition) is 2. The van der Waals surface area contributed by atoms with E-state index in [1.165, 1.54) is 30.4 Å². The number of nitrogens with one attached hydrogen (secondary N) is 2. The van der Waals surface area contributed by atoms with Crippen molar-refractivity contribution < 1.29 is 14.0 Å². The molecule has 0 atom stereocenters. The highest BCUT2D eigenvalue weighted by atomic mass is 35.5. The van der Waals surface area contributed by atoms with Crippen LogP contribution < -0.4 is 10.9 Å². The molecule has 0 aromatic heterocycles. The molecule has 0 saturated heterocycles. The van der Waals surface area contributed by atoms with Gasteiger partial charge in [-0.25, -0.2) is 4.39 Å². The first-order valence-electron chi connectivity index (χ1n) is 6.76. The van der Waals surface area contributed by atoms with Gasteiger partial charge < -0.3 is 0 Å². The molecule has 6 heteroatoms. The van der Waals surface area contributed by atoms with Gasteiger partial charge in [-0.15, -0.1) is 0 Å². The van der Waals surface area contributed by atoms with Gasteiger partial charge in [0.1, 0.15) is 5.82 Å². The quantitative estimate of drug-likeness (QED) is 0.669. The van der Waals surface area contributed by atoms with Gasteiger partial charge in [-0.05, 0) is 42.8 Å². The minimum atomic E-state index is -0.529. The van der Waals surface area contributed by atoms with Gasteiger partial charge in [0.25, 0.3) is 11.8 Å². The van der Waals surface area contributed by atoms with Gasteiger partial charge in [0, 0.05) is 11.6 Å². The van der Waals surface area contributed by atoms with E-state index in [0.717, 1.165) is 5.56 Å². The van der Waals surface area contributed by atoms with Crippen LogP contribution in [0.5, 0.6) is 0 Å². The Labute approximate surface area is 137 Å². The summed E-state index contributed by atoms with van der Waals surface area (Å²) in [5.41, 5.74) is 6.59. The molecule has 2 N–H and O–H groups in total. The van der Waals surface area contributed by atoms with E-state index in [-0.39, 0.29) is 5.02 Å². The van der Waals surface area contributed by atoms with Gasteiger partial charge in [0.15, 0.2) is 0 Å². The zero-order valence-electron chi connectivity index (χ0n) is 12.3. The van der Waals surface area contributed by atoms with E-state index in [1.807, 2.05) is 6.92 Å². The minimum absolute atomic E-state index is 0.0276. The molecular weight excluding hydrogens is 319 g/mol. The molecule has 0 spiro atoms. The highest BCUT2D eigenvalue weighted by Crippen LogP contribution is 2.16. The summed E-state index contributed by atoms with van der Waals surface area (Å²) in [5.74, 6) is -1.47. The lowest BCUT2D eigenvalue weighted by atomic mass is 10.1. The van der Waals surface area contributed by atoms with E-state index in [1.54, 1.807) is 24.3 Å². The van der Waals surface area contributed by atoms with Crippen molar-refractivity contribution in [3.63, 3.8) is 0 Å². The van der Waals surface area contributed by atoms with E-state index < -0.39 is 17.6 Å². The summed E-state index contributed by atoms with van der Waals surface area (Å²) in [5, 5.41) is -0.0276. The molecule has 2 aromatic carbocycles. The minimum Gasteiger partial charge on any atom is -0.268 e. The van der Waals surface area contributed by atoms with Crippen LogP contribution >= 0.6 is 11.6 Å². The second-order valence-electron chi connectivity index (χ2n) is 4.82. The van der Waals surface area contributed by atoms with Crippen molar-refractivity contribution in [3.8, 4) is 0 Å². The Morgan fingerprint density at radius 3 is 2.43 bits per heavy atom. The summed E-state index contributed by atoms with van der Waals surface area (Å²) >= 11 is 5.64. The molecule has 0 aliphatic carbocycles. The molecule has 0 aliphatic heterocycles. The first kappa shape index (κ1) is 16.7. The van der Waals surface area contributed by atoms with E-state index in [2.05, 4.69) is 10.9 Å². The molecule has 0 bridgehead atoms. The Kier molecular flexibility index (Phi) is 5.49. The Morgan fingerprint density at radius 2 is 1.78 bits per heavy atom. The maximum Gasteiger partial charge on any atom is 0.269 e. The van der Waals surface area contributed by atoms with Crippen molar-refractivity contribution in [2.45, 2.75) is 6.92 Å². The van der Waals surface area contributed by atoms with Crippen LogP contribution in [0.1, 0.15) is 21.5 Å². The summed E-state index contributed by atoms with van der Waals surface area (Å²) in [7, 11) is 0. The Morgan fingerprint density at radius 1 is 1.09 bits per heavy atom. The van der Waals surface area contributed by atoms with Gasteiger partial charge >= 0.3 is 0 Å². The normalized spacial score (nSPS) is 10.6. The Balaban J connectivity index is 1.89. The third-order valence-corrected chi connectivity index (χ3v) is 3.27. The number of carbonyl (C=O) groups excluding carboxylic acids is 2. The van der Waals surface area contributed by atoms with Crippen LogP contribution in [-0.2, 0) is 4.79 Å². The molecule has 2 aromatic rings. The van der Waals surface area contributed by atoms with E-state index >= 15 is 0 Å². The molecule has 2 rings (SSSR count). The zero-order valence-corrected chi connectivity index (χ0v) is 13.0. The van der Waals surface area contributed by atoms with Gasteiger partial charge in [0.2, 0.25) is 0 Å². The molecule has 23 heavy (non-hydrogen) atoms. The summed E-state index contributed by atoms with van der Waals surface area (Å²) in [6.45, 7) is 1.91. The number of amides is 2. The second-order valence-corrected chi connectivity index (χ2v) is 5.22. The lowest BCUT2D eigenvalue weighted by molar-refractivity contribution is -0.117. The molecule has 118 valence electrons. The summed E-state index contributed by atoms with van der Waals surface area (Å²) in [6, 6.07) is 11.0. The fourth-order valence-corrected chi connectivity index (χ4v) is 1.91. The number of aryl methyl sites for hydroxylation is 1. The number of carbonyl (C=O) groups is 2. The van der Waals surface area contributed by atoms with Crippen LogP contribution in [0.15, 0.2) is 48.5 Å². The standard InChI is InChI=1S/C17H14ClFN2O2/c1-11-2-6-13(7-3-11)17(23)21-20-16(22)9-5-12-4-8-15(19)14(18)10-12/h2-10H,1H3,(H,20,22)(H,21,23)/b9-5+. The first-order chi connectivity index (χ1) is 11.0. The fourth-order valence-electron chi connectivity index (χ4n) is 1.73. The van der Waals surface area contributed by atoms with Crippen molar-refractivity contribution in [1.29, 1.82) is 0 Å². The lowest BCUT2D eigenvalue weighted by Gasteiger charge is -2.05. The molecule has 4 nitrogen and oxygen atoms in total. The van der Waals surface area contributed by atoms with Gasteiger partial charge in [-0.3, -0.25) is 20.4 Å². The third kappa shape index (κ3) is 4.93. The monoisotopic (exact) mass is 332 g/mol. The number of rotatable bonds is 3. The molecule has 0 unspecified atom stereocenters. The van der Waals surface area contributed by atoms with Crippen molar-refractivity contribution in [2.24, 2.45) is 0 Å². The predicted molar refractivity (Wildman–Crippen MR) is 87.2 cm³/mol. The Hall–Kier alpha value is -2.66. The number of hydrazine groups is 1. The van der Waals surface area contributed by atoms with Crippen LogP contribution in [-0.4, -0.2) is 11.8 Å². The predicted octanol–water partition coefficient (Wildman–Crippen LogP) is 3.26. The average Bonchev–Trinajstić information content (AvgIpc) is 2.54. The van der Waals surface area contributed by atoms with Gasteiger partial charge in [0.05, 0.1) is 5.02 Å². The van der Waals surface area contributed by atoms with Gasteiger partial charge in [-0.1, -0.05) is 35.4 Å². The molecule has 0 saturated carbocycles. The molecular formula is C17H14ClFN2O2. The van der Waals surface area contributed by atoms with E-state index in [4.69, 9.17) is 11.6 Å². The SMILES string of the molecule is Cc1ccc(C(=O)NNC(=O)/C=C/c2ccc(F)c(Cl)c2)cc1. The van der Waals surface area contributed by atoms with Gasteiger partial charge in [-0.2, -0.15) is 0 Å². The third-order valence-electron chi connectivity index (χ3n) is 2.98. The van der Waals surface area contributed by atoms with Crippen molar-refractivity contribution in [3.05, 3.63) is 76.1 Å². The average molecular weight is 333 g/mol. The lowest BCUT2D eigenvalue weighted by Crippen LogP contribution is -2.40. The second kappa shape index (κ2) is 7.56. The summed E-state index contributed by atoms with van der Waals surface area (Å²) in [4.78, 5) is 23.4. The molecule has 0 radical (unpaired) electrons. The molecule has 0 aliphatic rings. The number of halogens is 2. The molecule has 2 amide bonds. The van der Waals surface area contributed by atoms with E-state index in [9.17, 15) is 14.0 Å².